The zero-order valence-corrected chi connectivity index (χ0v) is 20.5. The molecule has 0 spiro atoms. The maximum Gasteiger partial charge on any atom is 0.384 e. The highest BCUT2D eigenvalue weighted by atomic mass is 35.7. The standard InChI is InChI=1S/C30H24NO.ClHO4/c1-5-13-23(14-6-1)22-31-29-27(24-15-7-2-8-16-24)21-28(25-17-9-3-10-18-25)32-30(29)26-19-11-4-12-20-26;2-1(3,4)5/h1-21,31H,22H2;(H,2,3,4,5)/q+1;/p-1. The lowest BCUT2D eigenvalue weighted by atomic mass is 9.99. The maximum atomic E-state index is 8.49. The first-order valence-corrected chi connectivity index (χ1v) is 12.7. The molecule has 0 saturated heterocycles. The number of rotatable bonds is 6. The second kappa shape index (κ2) is 12.3. The van der Waals surface area contributed by atoms with Crippen molar-refractivity contribution >= 4 is 5.69 Å². The fourth-order valence-electron chi connectivity index (χ4n) is 3.86. The van der Waals surface area contributed by atoms with Crippen molar-refractivity contribution in [2.24, 2.45) is 0 Å². The van der Waals surface area contributed by atoms with Gasteiger partial charge in [0, 0.05) is 12.1 Å². The molecule has 0 amide bonds. The lowest BCUT2D eigenvalue weighted by Gasteiger charge is -2.17. The SMILES string of the molecule is [O-][Cl+3]([O-])([O-])[O-].c1ccc(CNc2c(-c3ccccc3)cc(-c3ccccc3)[o+]c2-c2ccccc2)cc1. The molecule has 1 N–H and O–H groups in total. The van der Waals surface area contributed by atoms with Crippen LogP contribution in [0.15, 0.2) is 132 Å². The van der Waals surface area contributed by atoms with Crippen LogP contribution < -0.4 is 24.0 Å². The Kier molecular flexibility index (Phi) is 8.64. The first-order chi connectivity index (χ1) is 17.9. The maximum absolute atomic E-state index is 8.49. The van der Waals surface area contributed by atoms with Crippen LogP contribution in [0.1, 0.15) is 5.56 Å². The minimum Gasteiger partial charge on any atom is -0.373 e. The number of anilines is 1. The summed E-state index contributed by atoms with van der Waals surface area (Å²) in [6.45, 7) is 0.709. The quantitative estimate of drug-likeness (QED) is 0.348. The third-order valence-electron chi connectivity index (χ3n) is 5.48. The predicted octanol–water partition coefficient (Wildman–Crippen LogP) is 3.42. The van der Waals surface area contributed by atoms with Gasteiger partial charge in [0.25, 0.3) is 0 Å². The van der Waals surface area contributed by atoms with E-state index in [0.717, 1.165) is 39.5 Å². The number of benzene rings is 4. The van der Waals surface area contributed by atoms with Gasteiger partial charge in [0.05, 0.1) is 17.2 Å². The van der Waals surface area contributed by atoms with Gasteiger partial charge in [-0.3, -0.25) is 0 Å². The van der Waals surface area contributed by atoms with E-state index in [1.807, 2.05) is 48.5 Å². The van der Waals surface area contributed by atoms with Crippen LogP contribution in [0.2, 0.25) is 0 Å². The molecule has 37 heavy (non-hydrogen) atoms. The van der Waals surface area contributed by atoms with E-state index in [2.05, 4.69) is 84.2 Å². The normalized spacial score (nSPS) is 10.8. The molecule has 0 atom stereocenters. The van der Waals surface area contributed by atoms with Crippen molar-refractivity contribution in [3.05, 3.63) is 133 Å². The molecule has 0 fully saturated rings. The molecule has 4 aromatic carbocycles. The van der Waals surface area contributed by atoms with Crippen molar-refractivity contribution in [2.75, 3.05) is 5.32 Å². The minimum absolute atomic E-state index is 0.709. The summed E-state index contributed by atoms with van der Waals surface area (Å²) >= 11 is 0. The number of hydrogen-bond donors (Lipinski definition) is 1. The van der Waals surface area contributed by atoms with Crippen molar-refractivity contribution in [1.82, 2.24) is 0 Å². The van der Waals surface area contributed by atoms with E-state index in [1.54, 1.807) is 0 Å². The van der Waals surface area contributed by atoms with Crippen LogP contribution in [0, 0.1) is 10.2 Å². The van der Waals surface area contributed by atoms with E-state index in [0.29, 0.717) is 6.54 Å². The fraction of sp³-hybridized carbons (Fsp3) is 0.0333. The van der Waals surface area contributed by atoms with Crippen molar-refractivity contribution < 1.29 is 33.3 Å². The highest BCUT2D eigenvalue weighted by Gasteiger charge is 2.27. The Balaban J connectivity index is 0.000000586. The van der Waals surface area contributed by atoms with Crippen molar-refractivity contribution in [1.29, 1.82) is 0 Å². The Morgan fingerprint density at radius 2 is 1.00 bits per heavy atom. The van der Waals surface area contributed by atoms with E-state index in [4.69, 9.17) is 23.1 Å². The molecule has 0 aliphatic rings. The molecule has 7 heteroatoms. The number of nitrogens with one attached hydrogen (secondary N) is 1. The molecule has 0 unspecified atom stereocenters. The minimum atomic E-state index is -4.94. The smallest absolute Gasteiger partial charge is 0.373 e. The van der Waals surface area contributed by atoms with Crippen LogP contribution in [-0.2, 0) is 6.54 Å². The molecule has 1 aromatic heterocycles. The molecule has 0 aliphatic carbocycles. The Bertz CT molecular complexity index is 1330. The zero-order valence-electron chi connectivity index (χ0n) is 19.8. The summed E-state index contributed by atoms with van der Waals surface area (Å²) in [6.07, 6.45) is 0. The molecule has 1 heterocycles. The number of halogens is 1. The van der Waals surface area contributed by atoms with Crippen molar-refractivity contribution in [3.63, 3.8) is 0 Å². The topological polar surface area (TPSA) is 116 Å². The van der Waals surface area contributed by atoms with Crippen LogP contribution in [0.4, 0.5) is 5.69 Å². The summed E-state index contributed by atoms with van der Waals surface area (Å²) in [4.78, 5) is 0. The van der Waals surface area contributed by atoms with E-state index in [-0.39, 0.29) is 0 Å². The lowest BCUT2D eigenvalue weighted by molar-refractivity contribution is -2.00. The van der Waals surface area contributed by atoms with Crippen molar-refractivity contribution in [2.45, 2.75) is 6.54 Å². The molecule has 6 nitrogen and oxygen atoms in total. The summed E-state index contributed by atoms with van der Waals surface area (Å²) < 4.78 is 40.5. The Hall–Kier alpha value is -4.04. The molecule has 0 aliphatic heterocycles. The molecule has 5 aromatic rings. The highest BCUT2D eigenvalue weighted by molar-refractivity contribution is 5.89. The van der Waals surface area contributed by atoms with Gasteiger partial charge in [-0.05, 0) is 35.4 Å². The lowest BCUT2D eigenvalue weighted by Crippen LogP contribution is -2.68. The van der Waals surface area contributed by atoms with E-state index >= 15 is 0 Å². The van der Waals surface area contributed by atoms with E-state index < -0.39 is 10.2 Å². The fourth-order valence-corrected chi connectivity index (χ4v) is 3.86. The number of hydrogen-bond acceptors (Lipinski definition) is 5. The highest BCUT2D eigenvalue weighted by Crippen LogP contribution is 2.41. The monoisotopic (exact) mass is 513 g/mol. The van der Waals surface area contributed by atoms with Gasteiger partial charge in [0.2, 0.25) is 0 Å². The summed E-state index contributed by atoms with van der Waals surface area (Å²) in [6, 6.07) is 43.6. The van der Waals surface area contributed by atoms with Crippen molar-refractivity contribution in [3.8, 4) is 33.8 Å². The summed E-state index contributed by atoms with van der Waals surface area (Å²) in [5.41, 5.74) is 6.57. The molecule has 0 bridgehead atoms. The van der Waals surface area contributed by atoms with Gasteiger partial charge < -0.3 is 5.32 Å². The third kappa shape index (κ3) is 7.72. The molecular weight excluding hydrogens is 490 g/mol. The predicted molar refractivity (Wildman–Crippen MR) is 133 cm³/mol. The first-order valence-electron chi connectivity index (χ1n) is 11.5. The third-order valence-corrected chi connectivity index (χ3v) is 5.48. The van der Waals surface area contributed by atoms with Crippen LogP contribution in [0.25, 0.3) is 33.8 Å². The van der Waals surface area contributed by atoms with Crippen LogP contribution in [-0.4, -0.2) is 0 Å². The van der Waals surface area contributed by atoms with Gasteiger partial charge in [-0.1, -0.05) is 97.1 Å². The molecule has 186 valence electrons. The summed E-state index contributed by atoms with van der Waals surface area (Å²) in [5.74, 6) is 1.68. The van der Waals surface area contributed by atoms with Gasteiger partial charge in [0.1, 0.15) is 5.69 Å². The van der Waals surface area contributed by atoms with E-state index in [1.165, 1.54) is 5.56 Å². The summed E-state index contributed by atoms with van der Waals surface area (Å²) in [5, 5.41) is 3.68. The van der Waals surface area contributed by atoms with Crippen LogP contribution in [0.3, 0.4) is 0 Å². The molecule has 5 rings (SSSR count). The molecule has 0 radical (unpaired) electrons. The van der Waals surface area contributed by atoms with Gasteiger partial charge in [-0.25, -0.2) is 23.1 Å². The van der Waals surface area contributed by atoms with E-state index in [9.17, 15) is 0 Å². The summed E-state index contributed by atoms with van der Waals surface area (Å²) in [7, 11) is -4.94. The first kappa shape index (κ1) is 26.0. The van der Waals surface area contributed by atoms with Crippen LogP contribution in [0.5, 0.6) is 0 Å². The molecular formula is C30H24ClNO5. The van der Waals surface area contributed by atoms with Gasteiger partial charge >= 0.3 is 11.5 Å². The largest absolute Gasteiger partial charge is 0.384 e. The van der Waals surface area contributed by atoms with Gasteiger partial charge in [0.15, 0.2) is 0 Å². The van der Waals surface area contributed by atoms with Crippen LogP contribution >= 0.6 is 0 Å². The van der Waals surface area contributed by atoms with Gasteiger partial charge in [-0.2, -0.15) is 0 Å². The average Bonchev–Trinajstić information content (AvgIpc) is 2.92. The average molecular weight is 514 g/mol. The Morgan fingerprint density at radius 3 is 1.51 bits per heavy atom. The van der Waals surface area contributed by atoms with Gasteiger partial charge in [-0.15, -0.1) is 10.2 Å². The molecule has 0 saturated carbocycles. The zero-order chi connectivity index (χ0) is 26.1. The second-order valence-corrected chi connectivity index (χ2v) is 8.80. The Morgan fingerprint density at radius 1 is 0.568 bits per heavy atom. The second-order valence-electron chi connectivity index (χ2n) is 8.04. The Labute approximate surface area is 217 Å².